The quantitative estimate of drug-likeness (QED) is 0.436. The third-order valence-electron chi connectivity index (χ3n) is 8.97. The van der Waals surface area contributed by atoms with Crippen molar-refractivity contribution in [2.45, 2.75) is 51.4 Å². The average Bonchev–Trinajstić information content (AvgIpc) is 2.93. The van der Waals surface area contributed by atoms with Crippen LogP contribution in [0.15, 0.2) is 30.5 Å². The first kappa shape index (κ1) is 21.4. The summed E-state index contributed by atoms with van der Waals surface area (Å²) in [6.45, 7) is 4.41. The van der Waals surface area contributed by atoms with Crippen LogP contribution in [0, 0.1) is 0 Å². The Morgan fingerprint density at radius 1 is 0.919 bits per heavy atom. The second kappa shape index (κ2) is 7.91. The molecule has 0 unspecified atom stereocenters. The number of nitrogens with zero attached hydrogens (tertiary/aromatic N) is 3. The van der Waals surface area contributed by atoms with E-state index in [0.717, 1.165) is 105 Å². The molecular weight excluding hydrogens is 462 g/mol. The van der Waals surface area contributed by atoms with E-state index in [0.29, 0.717) is 5.56 Å². The molecule has 0 atom stereocenters. The smallest absolute Gasteiger partial charge is 0.355 e. The fraction of sp³-hybridized carbons (Fsp3) is 0.387. The number of ether oxygens (including phenoxy) is 1. The molecule has 186 valence electrons. The second-order valence-electron chi connectivity index (χ2n) is 11.0. The number of carboxylic acid groups (broad SMARTS) is 1. The van der Waals surface area contributed by atoms with E-state index in [-0.39, 0.29) is 5.69 Å². The third-order valence-corrected chi connectivity index (χ3v) is 8.97. The van der Waals surface area contributed by atoms with Crippen LogP contribution in [0.25, 0.3) is 5.57 Å². The van der Waals surface area contributed by atoms with E-state index in [1.165, 1.54) is 33.3 Å². The monoisotopic (exact) mass is 492 g/mol. The highest BCUT2D eigenvalue weighted by Gasteiger charge is 2.36. The summed E-state index contributed by atoms with van der Waals surface area (Å²) in [6, 6.07) is 8.40. The van der Waals surface area contributed by atoms with Gasteiger partial charge in [-0.25, -0.2) is 14.4 Å². The lowest BCUT2D eigenvalue weighted by atomic mass is 9.82. The van der Waals surface area contributed by atoms with Crippen LogP contribution in [0.2, 0.25) is 0 Å². The van der Waals surface area contributed by atoms with Gasteiger partial charge in [-0.3, -0.25) is 0 Å². The Balaban J connectivity index is 1.54. The van der Waals surface area contributed by atoms with Gasteiger partial charge in [0.25, 0.3) is 0 Å². The number of anilines is 1. The maximum Gasteiger partial charge on any atom is 0.355 e. The second-order valence-corrected chi connectivity index (χ2v) is 11.0. The van der Waals surface area contributed by atoms with Gasteiger partial charge in [0, 0.05) is 70.9 Å². The number of aromatic nitrogens is 1. The number of hydrogen-bond donors (Lipinski definition) is 1. The zero-order valence-electron chi connectivity index (χ0n) is 21.0. The van der Waals surface area contributed by atoms with E-state index < -0.39 is 5.97 Å². The number of aromatic carboxylic acids is 1. The summed E-state index contributed by atoms with van der Waals surface area (Å²) >= 11 is 0. The molecule has 0 saturated carbocycles. The van der Waals surface area contributed by atoms with Crippen LogP contribution < -0.4 is 24.8 Å². The number of carbonyl (C=O) groups is 1. The number of rotatable bonds is 2. The normalized spacial score (nSPS) is 18.9. The molecule has 8 rings (SSSR count). The summed E-state index contributed by atoms with van der Waals surface area (Å²) in [4.78, 5) is 19.3. The fourth-order valence-electron chi connectivity index (χ4n) is 7.58. The molecule has 0 saturated heterocycles. The van der Waals surface area contributed by atoms with E-state index in [1.54, 1.807) is 6.20 Å². The first-order chi connectivity index (χ1) is 18.2. The Morgan fingerprint density at radius 2 is 1.70 bits per heavy atom. The van der Waals surface area contributed by atoms with Gasteiger partial charge in [-0.05, 0) is 62.3 Å². The minimum Gasteiger partial charge on any atom is -0.476 e. The van der Waals surface area contributed by atoms with Crippen LogP contribution in [0.4, 0.5) is 5.69 Å². The lowest BCUT2D eigenvalue weighted by Gasteiger charge is -2.39. The van der Waals surface area contributed by atoms with E-state index in [2.05, 4.69) is 26.6 Å². The highest BCUT2D eigenvalue weighted by Crippen LogP contribution is 2.48. The zero-order chi connectivity index (χ0) is 24.7. The fourth-order valence-corrected chi connectivity index (χ4v) is 7.58. The van der Waals surface area contributed by atoms with Crippen LogP contribution in [-0.2, 0) is 25.7 Å². The van der Waals surface area contributed by atoms with Crippen LogP contribution in [0.5, 0.6) is 11.5 Å². The number of hydrogen-bond acceptors (Lipinski definition) is 4. The van der Waals surface area contributed by atoms with E-state index in [4.69, 9.17) is 4.74 Å². The number of carboxylic acids is 1. The molecule has 6 heterocycles. The number of aryl methyl sites for hydroxylation is 2. The average molecular weight is 493 g/mol. The maximum absolute atomic E-state index is 12.4. The molecule has 5 aliphatic heterocycles. The van der Waals surface area contributed by atoms with Crippen molar-refractivity contribution in [2.24, 2.45) is 0 Å². The molecule has 6 heteroatoms. The standard InChI is InChI=1S/C31H29N3O3/c35-31(36)26-20(8-1-11-32-26)25-23-16-18-6-2-12-33-14-4-9-21(27(18)33)29(23)37-30-22-10-5-15-34-13-3-7-19(28(22)34)17-24(25)30/h1,8,11,16-17H,2-7,9-10,12-15H2/p+1. The van der Waals surface area contributed by atoms with Gasteiger partial charge < -0.3 is 14.7 Å². The lowest BCUT2D eigenvalue weighted by molar-refractivity contribution is 0.0690. The number of pyridine rings is 1. The molecule has 1 N–H and O–H groups in total. The SMILES string of the molecule is O=C(O)c1ncccc1C1=c2cc3c4c(c2Oc2c1cc1c5c2CCCN5CCC1)CCC[N+]=4CCC3. The Morgan fingerprint density at radius 3 is 2.57 bits per heavy atom. The summed E-state index contributed by atoms with van der Waals surface area (Å²) in [5.41, 5.74) is 9.54. The summed E-state index contributed by atoms with van der Waals surface area (Å²) < 4.78 is 9.57. The molecule has 1 aromatic heterocycles. The largest absolute Gasteiger partial charge is 0.476 e. The Kier molecular flexibility index (Phi) is 4.58. The topological polar surface area (TPSA) is 65.7 Å². The molecule has 5 aliphatic rings. The molecule has 2 aromatic carbocycles. The van der Waals surface area contributed by atoms with Crippen molar-refractivity contribution in [3.8, 4) is 11.5 Å². The van der Waals surface area contributed by atoms with Gasteiger partial charge in [-0.1, -0.05) is 6.07 Å². The Hall–Kier alpha value is -3.67. The van der Waals surface area contributed by atoms with Gasteiger partial charge in [0.05, 0.1) is 5.56 Å². The van der Waals surface area contributed by atoms with Gasteiger partial charge in [0.2, 0.25) is 5.36 Å². The minimum atomic E-state index is -0.992. The third kappa shape index (κ3) is 3.01. The molecule has 0 bridgehead atoms. The van der Waals surface area contributed by atoms with Gasteiger partial charge in [0.15, 0.2) is 5.69 Å². The van der Waals surface area contributed by atoms with Crippen molar-refractivity contribution in [2.75, 3.05) is 31.1 Å². The van der Waals surface area contributed by atoms with E-state index in [1.807, 2.05) is 12.1 Å². The predicted octanol–water partition coefficient (Wildman–Crippen LogP) is 3.22. The molecule has 37 heavy (non-hydrogen) atoms. The molecule has 0 amide bonds. The van der Waals surface area contributed by atoms with Crippen LogP contribution in [0.3, 0.4) is 0 Å². The van der Waals surface area contributed by atoms with Gasteiger partial charge in [-0.2, -0.15) is 0 Å². The van der Waals surface area contributed by atoms with Crippen molar-refractivity contribution in [3.63, 3.8) is 0 Å². The van der Waals surface area contributed by atoms with Crippen molar-refractivity contribution in [3.05, 3.63) is 80.1 Å². The number of benzene rings is 2. The van der Waals surface area contributed by atoms with Crippen molar-refractivity contribution in [1.82, 2.24) is 9.56 Å². The number of fused-ring (bicyclic) bond motifs is 4. The molecule has 0 fully saturated rings. The zero-order valence-corrected chi connectivity index (χ0v) is 21.0. The maximum atomic E-state index is 12.4. The highest BCUT2D eigenvalue weighted by molar-refractivity contribution is 5.97. The van der Waals surface area contributed by atoms with E-state index >= 15 is 0 Å². The molecule has 0 aliphatic carbocycles. The Labute approximate surface area is 215 Å². The summed E-state index contributed by atoms with van der Waals surface area (Å²) in [5.74, 6) is 0.892. The summed E-state index contributed by atoms with van der Waals surface area (Å²) in [7, 11) is 0. The van der Waals surface area contributed by atoms with Crippen molar-refractivity contribution in [1.29, 1.82) is 0 Å². The van der Waals surface area contributed by atoms with E-state index in [9.17, 15) is 9.90 Å². The van der Waals surface area contributed by atoms with Gasteiger partial charge >= 0.3 is 5.97 Å². The van der Waals surface area contributed by atoms with Crippen LogP contribution in [-0.4, -0.2) is 42.2 Å². The molecule has 0 spiro atoms. The van der Waals surface area contributed by atoms with Crippen LogP contribution in [0.1, 0.15) is 69.6 Å². The summed E-state index contributed by atoms with van der Waals surface area (Å²) in [6.07, 6.45) is 10.2. The van der Waals surface area contributed by atoms with Gasteiger partial charge in [0.1, 0.15) is 24.6 Å². The highest BCUT2D eigenvalue weighted by atomic mass is 16.5. The molecular formula is C31H30N3O3+. The first-order valence-electron chi connectivity index (χ1n) is 13.8. The van der Waals surface area contributed by atoms with Crippen molar-refractivity contribution < 1.29 is 14.6 Å². The van der Waals surface area contributed by atoms with Crippen molar-refractivity contribution >= 4 is 17.2 Å². The first-order valence-corrected chi connectivity index (χ1v) is 13.8. The minimum absolute atomic E-state index is 0.109. The van der Waals surface area contributed by atoms with Gasteiger partial charge in [-0.15, -0.1) is 0 Å². The molecule has 0 radical (unpaired) electrons. The molecule has 6 nitrogen and oxygen atoms in total. The summed E-state index contributed by atoms with van der Waals surface area (Å²) in [5, 5.41) is 12.6. The lowest BCUT2D eigenvalue weighted by Crippen LogP contribution is -2.45. The van der Waals surface area contributed by atoms with Crippen LogP contribution >= 0.6 is 0 Å². The predicted molar refractivity (Wildman–Crippen MR) is 141 cm³/mol. The Bertz CT molecular complexity index is 1650. The molecule has 3 aromatic rings.